The number of carbonyl (C=O) groups excluding carboxylic acids is 1. The summed E-state index contributed by atoms with van der Waals surface area (Å²) >= 11 is 0. The lowest BCUT2D eigenvalue weighted by Crippen LogP contribution is -2.28. The Bertz CT molecular complexity index is 396. The van der Waals surface area contributed by atoms with Crippen molar-refractivity contribution in [2.75, 3.05) is 26.2 Å². The van der Waals surface area contributed by atoms with Crippen LogP contribution in [0.5, 0.6) is 0 Å². The van der Waals surface area contributed by atoms with Crippen molar-refractivity contribution in [3.63, 3.8) is 0 Å². The van der Waals surface area contributed by atoms with Gasteiger partial charge in [0.05, 0.1) is 0 Å². The first-order valence-corrected chi connectivity index (χ1v) is 7.09. The van der Waals surface area contributed by atoms with E-state index in [1.54, 1.807) is 0 Å². The van der Waals surface area contributed by atoms with Crippen molar-refractivity contribution < 1.29 is 4.79 Å². The van der Waals surface area contributed by atoms with E-state index in [9.17, 15) is 4.79 Å². The number of benzene rings is 1. The van der Waals surface area contributed by atoms with E-state index in [0.717, 1.165) is 25.1 Å². The Morgan fingerprint density at radius 2 is 1.89 bits per heavy atom. The normalized spacial score (nSPS) is 15.6. The van der Waals surface area contributed by atoms with Gasteiger partial charge in [-0.05, 0) is 56.6 Å². The molecule has 3 N–H and O–H groups in total. The van der Waals surface area contributed by atoms with E-state index >= 15 is 0 Å². The van der Waals surface area contributed by atoms with Gasteiger partial charge in [-0.15, -0.1) is 0 Å². The SMILES string of the molecule is NCc1ccc(C(=O)NCCCN2CCCC2)cc1. The lowest BCUT2D eigenvalue weighted by Gasteiger charge is -2.14. The van der Waals surface area contributed by atoms with Gasteiger partial charge in [-0.2, -0.15) is 0 Å². The standard InChI is InChI=1S/C15H23N3O/c16-12-13-4-6-14(7-5-13)15(19)17-8-3-11-18-9-1-2-10-18/h4-7H,1-3,8-12,16H2,(H,17,19). The molecule has 4 heteroatoms. The second kappa shape index (κ2) is 7.26. The molecule has 4 nitrogen and oxygen atoms in total. The average Bonchev–Trinajstić information content (AvgIpc) is 2.96. The fourth-order valence-corrected chi connectivity index (χ4v) is 2.41. The highest BCUT2D eigenvalue weighted by molar-refractivity contribution is 5.94. The van der Waals surface area contributed by atoms with Crippen molar-refractivity contribution in [1.82, 2.24) is 10.2 Å². The van der Waals surface area contributed by atoms with Gasteiger partial charge in [-0.3, -0.25) is 4.79 Å². The van der Waals surface area contributed by atoms with E-state index in [1.807, 2.05) is 24.3 Å². The van der Waals surface area contributed by atoms with Crippen molar-refractivity contribution in [3.05, 3.63) is 35.4 Å². The maximum absolute atomic E-state index is 11.9. The van der Waals surface area contributed by atoms with Crippen LogP contribution in [0.3, 0.4) is 0 Å². The molecule has 1 saturated heterocycles. The summed E-state index contributed by atoms with van der Waals surface area (Å²) in [6.45, 7) is 4.78. The molecule has 104 valence electrons. The molecule has 0 saturated carbocycles. The summed E-state index contributed by atoms with van der Waals surface area (Å²) < 4.78 is 0. The van der Waals surface area contributed by atoms with E-state index in [1.165, 1.54) is 25.9 Å². The molecule has 0 radical (unpaired) electrons. The first-order valence-electron chi connectivity index (χ1n) is 7.09. The zero-order valence-electron chi connectivity index (χ0n) is 11.4. The monoisotopic (exact) mass is 261 g/mol. The minimum atomic E-state index is 0.00462. The zero-order valence-corrected chi connectivity index (χ0v) is 11.4. The van der Waals surface area contributed by atoms with Crippen LogP contribution in [-0.4, -0.2) is 37.0 Å². The fourth-order valence-electron chi connectivity index (χ4n) is 2.41. The molecule has 0 spiro atoms. The van der Waals surface area contributed by atoms with Gasteiger partial charge in [0.15, 0.2) is 0 Å². The third-order valence-electron chi connectivity index (χ3n) is 3.59. The molecule has 0 aromatic heterocycles. The molecule has 0 bridgehead atoms. The summed E-state index contributed by atoms with van der Waals surface area (Å²) in [4.78, 5) is 14.3. The lowest BCUT2D eigenvalue weighted by atomic mass is 10.1. The first-order chi connectivity index (χ1) is 9.29. The minimum absolute atomic E-state index is 0.00462. The second-order valence-electron chi connectivity index (χ2n) is 5.06. The number of nitrogens with zero attached hydrogens (tertiary/aromatic N) is 1. The van der Waals surface area contributed by atoms with Gasteiger partial charge in [0, 0.05) is 18.7 Å². The van der Waals surface area contributed by atoms with Crippen LogP contribution in [0, 0.1) is 0 Å². The Labute approximate surface area is 115 Å². The number of nitrogens with one attached hydrogen (secondary N) is 1. The maximum atomic E-state index is 11.9. The number of rotatable bonds is 6. The Balaban J connectivity index is 1.68. The molecule has 2 rings (SSSR count). The topological polar surface area (TPSA) is 58.4 Å². The number of nitrogens with two attached hydrogens (primary N) is 1. The molecule has 1 fully saturated rings. The highest BCUT2D eigenvalue weighted by Crippen LogP contribution is 2.07. The van der Waals surface area contributed by atoms with Crippen molar-refractivity contribution in [1.29, 1.82) is 0 Å². The first kappa shape index (κ1) is 14.0. The number of amides is 1. The van der Waals surface area contributed by atoms with E-state index in [2.05, 4.69) is 10.2 Å². The largest absolute Gasteiger partial charge is 0.352 e. The summed E-state index contributed by atoms with van der Waals surface area (Å²) in [5.41, 5.74) is 7.28. The van der Waals surface area contributed by atoms with Gasteiger partial charge in [0.2, 0.25) is 0 Å². The molecule has 1 aliphatic rings. The van der Waals surface area contributed by atoms with Crippen LogP contribution in [0.4, 0.5) is 0 Å². The second-order valence-corrected chi connectivity index (χ2v) is 5.06. The molecule has 1 amide bonds. The maximum Gasteiger partial charge on any atom is 0.251 e. The van der Waals surface area contributed by atoms with Gasteiger partial charge >= 0.3 is 0 Å². The van der Waals surface area contributed by atoms with Gasteiger partial charge in [-0.25, -0.2) is 0 Å². The highest BCUT2D eigenvalue weighted by Gasteiger charge is 2.10. The smallest absolute Gasteiger partial charge is 0.251 e. The molecular weight excluding hydrogens is 238 g/mol. The number of hydrogen-bond donors (Lipinski definition) is 2. The van der Waals surface area contributed by atoms with E-state index in [4.69, 9.17) is 5.73 Å². The lowest BCUT2D eigenvalue weighted by molar-refractivity contribution is 0.0952. The molecule has 0 aliphatic carbocycles. The van der Waals surface area contributed by atoms with Gasteiger partial charge < -0.3 is 16.0 Å². The Morgan fingerprint density at radius 3 is 2.53 bits per heavy atom. The van der Waals surface area contributed by atoms with E-state index in [0.29, 0.717) is 12.1 Å². The van der Waals surface area contributed by atoms with Gasteiger partial charge in [0.1, 0.15) is 0 Å². The molecule has 1 aromatic rings. The van der Waals surface area contributed by atoms with Crippen LogP contribution >= 0.6 is 0 Å². The summed E-state index contributed by atoms with van der Waals surface area (Å²) in [7, 11) is 0. The fraction of sp³-hybridized carbons (Fsp3) is 0.533. The molecule has 0 unspecified atom stereocenters. The van der Waals surface area contributed by atoms with E-state index in [-0.39, 0.29) is 5.91 Å². The van der Waals surface area contributed by atoms with Crippen LogP contribution in [0.15, 0.2) is 24.3 Å². The quantitative estimate of drug-likeness (QED) is 0.760. The van der Waals surface area contributed by atoms with Gasteiger partial charge in [-0.1, -0.05) is 12.1 Å². The molecule has 1 aliphatic heterocycles. The van der Waals surface area contributed by atoms with Crippen LogP contribution in [0.2, 0.25) is 0 Å². The van der Waals surface area contributed by atoms with Crippen LogP contribution in [0.25, 0.3) is 0 Å². The average molecular weight is 261 g/mol. The molecular formula is C15H23N3O. The van der Waals surface area contributed by atoms with Crippen LogP contribution in [-0.2, 0) is 6.54 Å². The number of hydrogen-bond acceptors (Lipinski definition) is 3. The molecule has 1 aromatic carbocycles. The van der Waals surface area contributed by atoms with Crippen molar-refractivity contribution >= 4 is 5.91 Å². The minimum Gasteiger partial charge on any atom is -0.352 e. The Morgan fingerprint density at radius 1 is 1.21 bits per heavy atom. The van der Waals surface area contributed by atoms with Crippen molar-refractivity contribution in [2.24, 2.45) is 5.73 Å². The van der Waals surface area contributed by atoms with Crippen LogP contribution < -0.4 is 11.1 Å². The summed E-state index contributed by atoms with van der Waals surface area (Å²) in [6.07, 6.45) is 3.66. The van der Waals surface area contributed by atoms with Crippen LogP contribution in [0.1, 0.15) is 35.2 Å². The van der Waals surface area contributed by atoms with Crippen molar-refractivity contribution in [3.8, 4) is 0 Å². The highest BCUT2D eigenvalue weighted by atomic mass is 16.1. The third kappa shape index (κ3) is 4.33. The summed E-state index contributed by atoms with van der Waals surface area (Å²) in [5.74, 6) is 0.00462. The molecule has 0 atom stereocenters. The third-order valence-corrected chi connectivity index (χ3v) is 3.59. The molecule has 19 heavy (non-hydrogen) atoms. The number of likely N-dealkylation sites (tertiary alicyclic amines) is 1. The Kier molecular flexibility index (Phi) is 5.36. The predicted octanol–water partition coefficient (Wildman–Crippen LogP) is 1.36. The molecule has 1 heterocycles. The van der Waals surface area contributed by atoms with Crippen molar-refractivity contribution in [2.45, 2.75) is 25.8 Å². The van der Waals surface area contributed by atoms with E-state index < -0.39 is 0 Å². The summed E-state index contributed by atoms with van der Waals surface area (Å²) in [6, 6.07) is 7.47. The predicted molar refractivity (Wildman–Crippen MR) is 77.0 cm³/mol. The zero-order chi connectivity index (χ0) is 13.5. The Hall–Kier alpha value is -1.39. The van der Waals surface area contributed by atoms with Gasteiger partial charge in [0.25, 0.3) is 5.91 Å². The number of carbonyl (C=O) groups is 1. The summed E-state index contributed by atoms with van der Waals surface area (Å²) in [5, 5.41) is 2.96.